The molecule has 0 aliphatic heterocycles. The first-order chi connectivity index (χ1) is 12.3. The molecule has 0 amide bonds. The number of thiophene rings is 1. The molecule has 0 fully saturated rings. The number of rotatable bonds is 9. The third kappa shape index (κ3) is 6.02. The first kappa shape index (κ1) is 17.7. The molecule has 3 rings (SSSR count). The number of nitrogens with zero attached hydrogens (tertiary/aromatic N) is 1. The van der Waals surface area contributed by atoms with Crippen LogP contribution in [0.3, 0.4) is 0 Å². The Balaban J connectivity index is 1.58. The zero-order valence-corrected chi connectivity index (χ0v) is 14.9. The largest absolute Gasteiger partial charge is 0.491 e. The van der Waals surface area contributed by atoms with E-state index in [1.807, 2.05) is 48.5 Å². The Labute approximate surface area is 153 Å². The van der Waals surface area contributed by atoms with Crippen molar-refractivity contribution in [2.45, 2.75) is 19.2 Å². The average Bonchev–Trinajstić information content (AvgIpc) is 3.15. The Hall–Kier alpha value is -2.14. The summed E-state index contributed by atoms with van der Waals surface area (Å²) in [5.74, 6) is 0.786. The second kappa shape index (κ2) is 9.37. The van der Waals surface area contributed by atoms with Crippen LogP contribution in [0, 0.1) is 0 Å². The van der Waals surface area contributed by atoms with E-state index in [9.17, 15) is 5.11 Å². The van der Waals surface area contributed by atoms with Crippen LogP contribution >= 0.6 is 11.3 Å². The lowest BCUT2D eigenvalue weighted by Crippen LogP contribution is -2.34. The van der Waals surface area contributed by atoms with Crippen molar-refractivity contribution in [1.82, 2.24) is 4.90 Å². The first-order valence-corrected chi connectivity index (χ1v) is 9.32. The van der Waals surface area contributed by atoms with E-state index in [0.717, 1.165) is 18.8 Å². The molecule has 0 saturated heterocycles. The molecule has 0 spiro atoms. The van der Waals surface area contributed by atoms with Crippen LogP contribution in [0.15, 0.2) is 78.2 Å². The summed E-state index contributed by atoms with van der Waals surface area (Å²) in [6.45, 7) is 2.50. The van der Waals surface area contributed by atoms with Crippen LogP contribution in [-0.4, -0.2) is 29.3 Å². The standard InChI is InChI=1S/C21H23NO2S/c23-19(17-24-20-10-5-2-6-11-20)15-22(16-21-12-7-13-25-21)14-18-8-3-1-4-9-18/h1-13,19,23H,14-17H2. The summed E-state index contributed by atoms with van der Waals surface area (Å²) >= 11 is 1.74. The fourth-order valence-electron chi connectivity index (χ4n) is 2.71. The second-order valence-corrected chi connectivity index (χ2v) is 7.04. The Morgan fingerprint density at radius 1 is 0.880 bits per heavy atom. The van der Waals surface area contributed by atoms with Gasteiger partial charge >= 0.3 is 0 Å². The summed E-state index contributed by atoms with van der Waals surface area (Å²) in [6, 6.07) is 24.2. The molecule has 0 aliphatic carbocycles. The van der Waals surface area contributed by atoms with Gasteiger partial charge in [-0.2, -0.15) is 0 Å². The molecule has 1 unspecified atom stereocenters. The molecular formula is C21H23NO2S. The molecule has 1 N–H and O–H groups in total. The molecule has 3 aromatic rings. The van der Waals surface area contributed by atoms with Crippen LogP contribution in [0.2, 0.25) is 0 Å². The third-order valence-electron chi connectivity index (χ3n) is 3.86. The number of hydrogen-bond acceptors (Lipinski definition) is 4. The van der Waals surface area contributed by atoms with Crippen molar-refractivity contribution >= 4 is 11.3 Å². The Bertz CT molecular complexity index is 716. The van der Waals surface area contributed by atoms with Gasteiger partial charge in [0.25, 0.3) is 0 Å². The summed E-state index contributed by atoms with van der Waals surface area (Å²) in [5, 5.41) is 12.5. The van der Waals surface area contributed by atoms with Crippen molar-refractivity contribution in [3.8, 4) is 5.75 Å². The Kier molecular flexibility index (Phi) is 6.63. The molecule has 2 aromatic carbocycles. The number of hydrogen-bond donors (Lipinski definition) is 1. The molecule has 1 heterocycles. The van der Waals surface area contributed by atoms with Gasteiger partial charge in [0, 0.05) is 24.5 Å². The molecule has 0 radical (unpaired) electrons. The monoisotopic (exact) mass is 353 g/mol. The maximum absolute atomic E-state index is 10.4. The van der Waals surface area contributed by atoms with Gasteiger partial charge in [0.15, 0.2) is 0 Å². The number of benzene rings is 2. The highest BCUT2D eigenvalue weighted by molar-refractivity contribution is 7.09. The molecule has 1 aromatic heterocycles. The normalized spacial score (nSPS) is 12.2. The van der Waals surface area contributed by atoms with Gasteiger partial charge in [-0.15, -0.1) is 11.3 Å². The predicted molar refractivity (Wildman–Crippen MR) is 103 cm³/mol. The number of aliphatic hydroxyl groups is 1. The number of para-hydroxylation sites is 1. The smallest absolute Gasteiger partial charge is 0.119 e. The summed E-state index contributed by atoms with van der Waals surface area (Å²) in [7, 11) is 0. The summed E-state index contributed by atoms with van der Waals surface area (Å²) in [5.41, 5.74) is 1.25. The maximum Gasteiger partial charge on any atom is 0.119 e. The fraction of sp³-hybridized carbons (Fsp3) is 0.238. The van der Waals surface area contributed by atoms with Crippen LogP contribution in [0.4, 0.5) is 0 Å². The molecular weight excluding hydrogens is 330 g/mol. The van der Waals surface area contributed by atoms with Crippen LogP contribution in [0.5, 0.6) is 5.75 Å². The highest BCUT2D eigenvalue weighted by Gasteiger charge is 2.14. The first-order valence-electron chi connectivity index (χ1n) is 8.44. The van der Waals surface area contributed by atoms with Crippen molar-refractivity contribution < 1.29 is 9.84 Å². The molecule has 0 aliphatic rings. The van der Waals surface area contributed by atoms with Gasteiger partial charge in [-0.25, -0.2) is 0 Å². The van der Waals surface area contributed by atoms with E-state index in [-0.39, 0.29) is 0 Å². The Morgan fingerprint density at radius 3 is 2.28 bits per heavy atom. The van der Waals surface area contributed by atoms with E-state index in [2.05, 4.69) is 34.5 Å². The van der Waals surface area contributed by atoms with Gasteiger partial charge in [0.2, 0.25) is 0 Å². The third-order valence-corrected chi connectivity index (χ3v) is 4.72. The van der Waals surface area contributed by atoms with E-state index in [1.54, 1.807) is 11.3 Å². The van der Waals surface area contributed by atoms with Crippen molar-refractivity contribution in [3.05, 3.63) is 88.6 Å². The van der Waals surface area contributed by atoms with Gasteiger partial charge in [0.1, 0.15) is 18.5 Å². The highest BCUT2D eigenvalue weighted by Crippen LogP contribution is 2.15. The van der Waals surface area contributed by atoms with Crippen molar-refractivity contribution in [2.24, 2.45) is 0 Å². The number of aliphatic hydroxyl groups excluding tert-OH is 1. The minimum atomic E-state index is -0.538. The van der Waals surface area contributed by atoms with Gasteiger partial charge in [-0.3, -0.25) is 4.90 Å². The molecule has 0 saturated carbocycles. The maximum atomic E-state index is 10.4. The van der Waals surface area contributed by atoms with E-state index < -0.39 is 6.10 Å². The lowest BCUT2D eigenvalue weighted by atomic mass is 10.2. The van der Waals surface area contributed by atoms with E-state index in [1.165, 1.54) is 10.4 Å². The predicted octanol–water partition coefficient (Wildman–Crippen LogP) is 4.19. The van der Waals surface area contributed by atoms with E-state index >= 15 is 0 Å². The lowest BCUT2D eigenvalue weighted by molar-refractivity contribution is 0.0632. The van der Waals surface area contributed by atoms with Gasteiger partial charge in [-0.1, -0.05) is 54.6 Å². The Morgan fingerprint density at radius 2 is 1.60 bits per heavy atom. The van der Waals surface area contributed by atoms with Crippen LogP contribution in [0.1, 0.15) is 10.4 Å². The summed E-state index contributed by atoms with van der Waals surface area (Å²) in [6.07, 6.45) is -0.538. The van der Waals surface area contributed by atoms with Crippen LogP contribution < -0.4 is 4.74 Å². The highest BCUT2D eigenvalue weighted by atomic mass is 32.1. The summed E-state index contributed by atoms with van der Waals surface area (Å²) < 4.78 is 5.68. The lowest BCUT2D eigenvalue weighted by Gasteiger charge is -2.25. The minimum absolute atomic E-state index is 0.291. The second-order valence-electron chi connectivity index (χ2n) is 6.01. The zero-order chi connectivity index (χ0) is 17.3. The van der Waals surface area contributed by atoms with E-state index in [0.29, 0.717) is 13.2 Å². The quantitative estimate of drug-likeness (QED) is 0.626. The fourth-order valence-corrected chi connectivity index (χ4v) is 3.46. The minimum Gasteiger partial charge on any atom is -0.491 e. The van der Waals surface area contributed by atoms with Crippen molar-refractivity contribution in [1.29, 1.82) is 0 Å². The summed E-state index contributed by atoms with van der Waals surface area (Å²) in [4.78, 5) is 3.56. The molecule has 3 nitrogen and oxygen atoms in total. The molecule has 1 atom stereocenters. The molecule has 25 heavy (non-hydrogen) atoms. The number of ether oxygens (including phenoxy) is 1. The topological polar surface area (TPSA) is 32.7 Å². The SMILES string of the molecule is OC(COc1ccccc1)CN(Cc1ccccc1)Cc1cccs1. The molecule has 130 valence electrons. The van der Waals surface area contributed by atoms with Crippen molar-refractivity contribution in [3.63, 3.8) is 0 Å². The van der Waals surface area contributed by atoms with E-state index in [4.69, 9.17) is 4.74 Å². The van der Waals surface area contributed by atoms with Gasteiger partial charge in [-0.05, 0) is 29.1 Å². The van der Waals surface area contributed by atoms with Crippen LogP contribution in [0.25, 0.3) is 0 Å². The van der Waals surface area contributed by atoms with Crippen LogP contribution in [-0.2, 0) is 13.1 Å². The average molecular weight is 353 g/mol. The molecule has 4 heteroatoms. The van der Waals surface area contributed by atoms with Gasteiger partial charge < -0.3 is 9.84 Å². The van der Waals surface area contributed by atoms with Gasteiger partial charge in [0.05, 0.1) is 0 Å². The van der Waals surface area contributed by atoms with Crippen molar-refractivity contribution in [2.75, 3.05) is 13.2 Å². The zero-order valence-electron chi connectivity index (χ0n) is 14.1. The molecule has 0 bridgehead atoms.